The standard InChI is InChI=1S/C12H8BrClN2O3/c1-6(17)8-5-15-12(19)16(11(8)18)10-4-7(13)2-3-9(10)14/h2-5H,1H3,(H,15,19). The van der Waals surface area contributed by atoms with Crippen LogP contribution in [0.5, 0.6) is 0 Å². The number of H-pyrrole nitrogens is 1. The molecular formula is C12H8BrClN2O3. The summed E-state index contributed by atoms with van der Waals surface area (Å²) in [6, 6.07) is 4.76. The summed E-state index contributed by atoms with van der Waals surface area (Å²) in [4.78, 5) is 37.6. The summed E-state index contributed by atoms with van der Waals surface area (Å²) in [5.74, 6) is -0.430. The van der Waals surface area contributed by atoms with Gasteiger partial charge in [-0.15, -0.1) is 0 Å². The fourth-order valence-corrected chi connectivity index (χ4v) is 2.15. The summed E-state index contributed by atoms with van der Waals surface area (Å²) >= 11 is 9.23. The molecule has 0 aliphatic rings. The van der Waals surface area contributed by atoms with Crippen LogP contribution in [0, 0.1) is 0 Å². The van der Waals surface area contributed by atoms with E-state index in [0.717, 1.165) is 10.8 Å². The van der Waals surface area contributed by atoms with Crippen LogP contribution < -0.4 is 11.2 Å². The van der Waals surface area contributed by atoms with Crippen molar-refractivity contribution in [1.82, 2.24) is 9.55 Å². The maximum atomic E-state index is 12.1. The fraction of sp³-hybridized carbons (Fsp3) is 0.0833. The summed E-state index contributed by atoms with van der Waals surface area (Å²) in [6.07, 6.45) is 1.11. The Labute approximate surface area is 121 Å². The first-order valence-electron chi connectivity index (χ1n) is 5.23. The minimum atomic E-state index is -0.698. The normalized spacial score (nSPS) is 10.5. The molecule has 7 heteroatoms. The van der Waals surface area contributed by atoms with E-state index in [1.807, 2.05) is 0 Å². The molecule has 0 unspecified atom stereocenters. The molecule has 98 valence electrons. The third-order valence-electron chi connectivity index (χ3n) is 2.50. The first-order chi connectivity index (χ1) is 8.91. The number of hydrogen-bond donors (Lipinski definition) is 1. The van der Waals surface area contributed by atoms with E-state index in [2.05, 4.69) is 20.9 Å². The van der Waals surface area contributed by atoms with E-state index in [9.17, 15) is 14.4 Å². The fourth-order valence-electron chi connectivity index (χ4n) is 1.60. The Hall–Kier alpha value is -1.66. The highest BCUT2D eigenvalue weighted by molar-refractivity contribution is 9.10. The number of benzene rings is 1. The number of halogens is 2. The van der Waals surface area contributed by atoms with Crippen LogP contribution >= 0.6 is 27.5 Å². The molecule has 0 spiro atoms. The molecule has 0 saturated heterocycles. The smallest absolute Gasteiger partial charge is 0.313 e. The summed E-state index contributed by atoms with van der Waals surface area (Å²) < 4.78 is 1.50. The van der Waals surface area contributed by atoms with Gasteiger partial charge < -0.3 is 4.98 Å². The largest absolute Gasteiger partial charge is 0.333 e. The second-order valence-corrected chi connectivity index (χ2v) is 5.12. The molecule has 5 nitrogen and oxygen atoms in total. The van der Waals surface area contributed by atoms with Crippen molar-refractivity contribution in [2.24, 2.45) is 0 Å². The van der Waals surface area contributed by atoms with E-state index >= 15 is 0 Å². The average molecular weight is 344 g/mol. The van der Waals surface area contributed by atoms with Gasteiger partial charge >= 0.3 is 5.69 Å². The molecule has 0 atom stereocenters. The first kappa shape index (κ1) is 13.8. The van der Waals surface area contributed by atoms with E-state index in [1.54, 1.807) is 12.1 Å². The molecule has 1 aromatic heterocycles. The van der Waals surface area contributed by atoms with Crippen molar-refractivity contribution in [2.75, 3.05) is 0 Å². The van der Waals surface area contributed by atoms with Gasteiger partial charge in [0, 0.05) is 10.7 Å². The average Bonchev–Trinajstić information content (AvgIpc) is 2.33. The van der Waals surface area contributed by atoms with Crippen LogP contribution in [0.1, 0.15) is 17.3 Å². The van der Waals surface area contributed by atoms with Gasteiger partial charge in [0.25, 0.3) is 5.56 Å². The van der Waals surface area contributed by atoms with Crippen molar-refractivity contribution < 1.29 is 4.79 Å². The van der Waals surface area contributed by atoms with Gasteiger partial charge in [-0.3, -0.25) is 9.59 Å². The molecule has 19 heavy (non-hydrogen) atoms. The van der Waals surface area contributed by atoms with E-state index < -0.39 is 17.0 Å². The van der Waals surface area contributed by atoms with Crippen LogP contribution in [-0.4, -0.2) is 15.3 Å². The number of carbonyl (C=O) groups is 1. The highest BCUT2D eigenvalue weighted by Gasteiger charge is 2.14. The van der Waals surface area contributed by atoms with Gasteiger partial charge in [0.2, 0.25) is 0 Å². The van der Waals surface area contributed by atoms with Crippen molar-refractivity contribution in [1.29, 1.82) is 0 Å². The number of ketones is 1. The van der Waals surface area contributed by atoms with Crippen LogP contribution in [0.3, 0.4) is 0 Å². The van der Waals surface area contributed by atoms with Gasteiger partial charge in [0.05, 0.1) is 16.3 Å². The van der Waals surface area contributed by atoms with Gasteiger partial charge in [-0.2, -0.15) is 0 Å². The maximum absolute atomic E-state index is 12.1. The molecule has 1 aromatic carbocycles. The Morgan fingerprint density at radius 1 is 1.37 bits per heavy atom. The molecule has 2 aromatic rings. The third kappa shape index (κ3) is 2.54. The number of rotatable bonds is 2. The number of hydrogen-bond acceptors (Lipinski definition) is 3. The summed E-state index contributed by atoms with van der Waals surface area (Å²) in [5, 5.41) is 0.233. The van der Waals surface area contributed by atoms with Crippen LogP contribution in [0.2, 0.25) is 5.02 Å². The Balaban J connectivity index is 2.86. The highest BCUT2D eigenvalue weighted by atomic mass is 79.9. The number of nitrogens with one attached hydrogen (secondary N) is 1. The van der Waals surface area contributed by atoms with E-state index in [0.29, 0.717) is 4.47 Å². The predicted octanol–water partition coefficient (Wildman–Crippen LogP) is 2.14. The highest BCUT2D eigenvalue weighted by Crippen LogP contribution is 2.22. The number of aromatic nitrogens is 2. The predicted molar refractivity (Wildman–Crippen MR) is 75.4 cm³/mol. The molecule has 0 bridgehead atoms. The molecular weight excluding hydrogens is 336 g/mol. The molecule has 0 amide bonds. The quantitative estimate of drug-likeness (QED) is 0.849. The van der Waals surface area contributed by atoms with E-state index in [4.69, 9.17) is 11.6 Å². The Kier molecular flexibility index (Phi) is 3.73. The molecule has 0 saturated carbocycles. The van der Waals surface area contributed by atoms with Gasteiger partial charge in [0.15, 0.2) is 5.78 Å². The van der Waals surface area contributed by atoms with E-state index in [1.165, 1.54) is 13.0 Å². The number of Topliss-reactive ketones (excluding diaryl/α,β-unsaturated/α-hetero) is 1. The number of carbonyl (C=O) groups excluding carboxylic acids is 1. The van der Waals surface area contributed by atoms with Gasteiger partial charge in [-0.1, -0.05) is 27.5 Å². The lowest BCUT2D eigenvalue weighted by molar-refractivity contribution is 0.101. The summed E-state index contributed by atoms with van der Waals surface area (Å²) in [6.45, 7) is 1.25. The number of aromatic amines is 1. The van der Waals surface area contributed by atoms with Crippen molar-refractivity contribution in [3.8, 4) is 5.69 Å². The SMILES string of the molecule is CC(=O)c1c[nH]c(=O)n(-c2cc(Br)ccc2Cl)c1=O. The molecule has 0 aliphatic carbocycles. The van der Waals surface area contributed by atoms with E-state index in [-0.39, 0.29) is 16.3 Å². The van der Waals surface area contributed by atoms with Crippen molar-refractivity contribution in [3.63, 3.8) is 0 Å². The first-order valence-corrected chi connectivity index (χ1v) is 6.40. The van der Waals surface area contributed by atoms with Crippen LogP contribution in [0.4, 0.5) is 0 Å². The zero-order valence-corrected chi connectivity index (χ0v) is 12.1. The summed E-state index contributed by atoms with van der Waals surface area (Å²) in [5.41, 5.74) is -1.24. The van der Waals surface area contributed by atoms with Crippen molar-refractivity contribution >= 4 is 33.3 Å². The Morgan fingerprint density at radius 3 is 2.68 bits per heavy atom. The van der Waals surface area contributed by atoms with Crippen LogP contribution in [0.25, 0.3) is 5.69 Å². The minimum absolute atomic E-state index is 0.101. The number of nitrogens with zero attached hydrogens (tertiary/aromatic N) is 1. The third-order valence-corrected chi connectivity index (χ3v) is 3.32. The minimum Gasteiger partial charge on any atom is -0.313 e. The summed E-state index contributed by atoms with van der Waals surface area (Å²) in [7, 11) is 0. The zero-order valence-electron chi connectivity index (χ0n) is 9.74. The van der Waals surface area contributed by atoms with Crippen LogP contribution in [-0.2, 0) is 0 Å². The molecule has 0 aliphatic heterocycles. The molecule has 0 fully saturated rings. The second kappa shape index (κ2) is 5.14. The lowest BCUT2D eigenvalue weighted by Gasteiger charge is -2.08. The van der Waals surface area contributed by atoms with Gasteiger partial charge in [-0.25, -0.2) is 9.36 Å². The lowest BCUT2D eigenvalue weighted by atomic mass is 10.2. The topological polar surface area (TPSA) is 71.9 Å². The molecule has 2 rings (SSSR count). The van der Waals surface area contributed by atoms with Crippen molar-refractivity contribution in [3.05, 3.63) is 60.3 Å². The Bertz CT molecular complexity index is 779. The second-order valence-electron chi connectivity index (χ2n) is 3.80. The monoisotopic (exact) mass is 342 g/mol. The van der Waals surface area contributed by atoms with Crippen molar-refractivity contribution in [2.45, 2.75) is 6.92 Å². The maximum Gasteiger partial charge on any atom is 0.333 e. The van der Waals surface area contributed by atoms with Gasteiger partial charge in [0.1, 0.15) is 0 Å². The Morgan fingerprint density at radius 2 is 2.05 bits per heavy atom. The van der Waals surface area contributed by atoms with Crippen LogP contribution in [0.15, 0.2) is 38.5 Å². The lowest BCUT2D eigenvalue weighted by Crippen LogP contribution is -2.36. The molecule has 1 heterocycles. The molecule has 1 N–H and O–H groups in total. The zero-order chi connectivity index (χ0) is 14.2. The molecule has 0 radical (unpaired) electrons. The van der Waals surface area contributed by atoms with Gasteiger partial charge in [-0.05, 0) is 25.1 Å².